The molecule has 0 aliphatic carbocycles. The molecule has 0 unspecified atom stereocenters. The highest BCUT2D eigenvalue weighted by Gasteiger charge is 2.31. The zero-order chi connectivity index (χ0) is 15.6. The molecule has 1 fully saturated rings. The zero-order valence-electron chi connectivity index (χ0n) is 12.8. The van der Waals surface area contributed by atoms with Gasteiger partial charge < -0.3 is 9.84 Å². The fraction of sp³-hybridized carbons (Fsp3) is 0.600. The van der Waals surface area contributed by atoms with E-state index in [2.05, 4.69) is 0 Å². The lowest BCUT2D eigenvalue weighted by molar-refractivity contribution is 0.170. The Labute approximate surface area is 126 Å². The lowest BCUT2D eigenvalue weighted by Gasteiger charge is -2.31. The van der Waals surface area contributed by atoms with E-state index in [4.69, 9.17) is 9.84 Å². The average molecular weight is 313 g/mol. The van der Waals surface area contributed by atoms with Crippen LogP contribution >= 0.6 is 0 Å². The van der Waals surface area contributed by atoms with Crippen LogP contribution in [0.2, 0.25) is 0 Å². The Balaban J connectivity index is 2.32. The molecule has 1 aromatic rings. The van der Waals surface area contributed by atoms with Gasteiger partial charge in [-0.25, -0.2) is 8.42 Å². The van der Waals surface area contributed by atoms with Gasteiger partial charge in [0.15, 0.2) is 0 Å². The van der Waals surface area contributed by atoms with Gasteiger partial charge in [0.1, 0.15) is 5.75 Å². The largest absolute Gasteiger partial charge is 0.497 e. The van der Waals surface area contributed by atoms with Gasteiger partial charge in [-0.05, 0) is 55.9 Å². The minimum Gasteiger partial charge on any atom is -0.497 e. The number of ether oxygens (including phenoxy) is 1. The normalized spacial score (nSPS) is 17.9. The maximum Gasteiger partial charge on any atom is 0.243 e. The first kappa shape index (κ1) is 16.3. The molecule has 1 saturated heterocycles. The summed E-state index contributed by atoms with van der Waals surface area (Å²) in [6.45, 7) is 4.66. The van der Waals surface area contributed by atoms with E-state index in [1.54, 1.807) is 33.1 Å². The summed E-state index contributed by atoms with van der Waals surface area (Å²) in [5.41, 5.74) is 1.41. The van der Waals surface area contributed by atoms with Gasteiger partial charge in [0.2, 0.25) is 10.0 Å². The number of hydrogen-bond donors (Lipinski definition) is 1. The first-order valence-electron chi connectivity index (χ1n) is 7.16. The molecule has 0 aromatic heterocycles. The Morgan fingerprint density at radius 1 is 1.24 bits per heavy atom. The van der Waals surface area contributed by atoms with E-state index in [9.17, 15) is 8.42 Å². The molecular weight excluding hydrogens is 290 g/mol. The van der Waals surface area contributed by atoms with E-state index in [0.29, 0.717) is 47.7 Å². The molecule has 1 N–H and O–H groups in total. The van der Waals surface area contributed by atoms with Crippen LogP contribution in [0.1, 0.15) is 24.0 Å². The van der Waals surface area contributed by atoms with Crippen LogP contribution in [0, 0.1) is 19.8 Å². The van der Waals surface area contributed by atoms with Crippen molar-refractivity contribution in [3.63, 3.8) is 0 Å². The van der Waals surface area contributed by atoms with Crippen molar-refractivity contribution < 1.29 is 18.3 Å². The van der Waals surface area contributed by atoms with Crippen LogP contribution in [0.4, 0.5) is 0 Å². The van der Waals surface area contributed by atoms with Gasteiger partial charge in [0.25, 0.3) is 0 Å². The molecular formula is C15H23NO4S. The van der Waals surface area contributed by atoms with Crippen molar-refractivity contribution in [2.45, 2.75) is 31.6 Å². The van der Waals surface area contributed by atoms with Crippen molar-refractivity contribution in [3.05, 3.63) is 23.3 Å². The summed E-state index contributed by atoms with van der Waals surface area (Å²) in [7, 11) is -1.91. The van der Waals surface area contributed by atoms with Crippen molar-refractivity contribution in [3.8, 4) is 5.75 Å². The zero-order valence-corrected chi connectivity index (χ0v) is 13.6. The van der Waals surface area contributed by atoms with Gasteiger partial charge in [-0.1, -0.05) is 0 Å². The van der Waals surface area contributed by atoms with Crippen molar-refractivity contribution in [2.24, 2.45) is 5.92 Å². The molecule has 0 radical (unpaired) electrons. The van der Waals surface area contributed by atoms with Crippen LogP contribution in [-0.4, -0.2) is 44.6 Å². The third-order valence-electron chi connectivity index (χ3n) is 4.10. The number of piperidine rings is 1. The summed E-state index contributed by atoms with van der Waals surface area (Å²) >= 11 is 0. The predicted octanol–water partition coefficient (Wildman–Crippen LogP) is 1.71. The summed E-state index contributed by atoms with van der Waals surface area (Å²) in [5, 5.41) is 9.16. The van der Waals surface area contributed by atoms with Crippen molar-refractivity contribution >= 4 is 10.0 Å². The highest BCUT2D eigenvalue weighted by atomic mass is 32.2. The van der Waals surface area contributed by atoms with Gasteiger partial charge in [0, 0.05) is 19.7 Å². The summed E-state index contributed by atoms with van der Waals surface area (Å²) in [6.07, 6.45) is 1.42. The molecule has 5 nitrogen and oxygen atoms in total. The molecule has 1 heterocycles. The molecule has 1 aliphatic rings. The first-order valence-corrected chi connectivity index (χ1v) is 8.60. The molecule has 118 valence electrons. The number of aliphatic hydroxyl groups is 1. The third kappa shape index (κ3) is 3.22. The summed E-state index contributed by atoms with van der Waals surface area (Å²) in [6, 6.07) is 3.50. The van der Waals surface area contributed by atoms with Crippen molar-refractivity contribution in [1.82, 2.24) is 4.31 Å². The quantitative estimate of drug-likeness (QED) is 0.919. The van der Waals surface area contributed by atoms with E-state index >= 15 is 0 Å². The first-order chi connectivity index (χ1) is 9.90. The van der Waals surface area contributed by atoms with Crippen LogP contribution in [0.25, 0.3) is 0 Å². The standard InChI is InChI=1S/C15H23NO4S/c1-11-8-14(20-3)9-12(2)15(11)21(18,19)16-6-4-13(10-17)5-7-16/h8-9,13,17H,4-7,10H2,1-3H3. The number of sulfonamides is 1. The lowest BCUT2D eigenvalue weighted by Crippen LogP contribution is -2.39. The highest BCUT2D eigenvalue weighted by molar-refractivity contribution is 7.89. The Morgan fingerprint density at radius 3 is 2.19 bits per heavy atom. The summed E-state index contributed by atoms with van der Waals surface area (Å²) in [5.74, 6) is 0.887. The summed E-state index contributed by atoms with van der Waals surface area (Å²) in [4.78, 5) is 0.380. The van der Waals surface area contributed by atoms with E-state index < -0.39 is 10.0 Å². The third-order valence-corrected chi connectivity index (χ3v) is 6.30. The fourth-order valence-electron chi connectivity index (χ4n) is 2.90. The molecule has 1 aliphatic heterocycles. The Kier molecular flexibility index (Phi) is 4.91. The smallest absolute Gasteiger partial charge is 0.243 e. The number of rotatable bonds is 4. The molecule has 2 rings (SSSR count). The second-order valence-electron chi connectivity index (χ2n) is 5.62. The molecule has 0 saturated carbocycles. The van der Waals surface area contributed by atoms with E-state index in [1.165, 1.54) is 4.31 Å². The minimum atomic E-state index is -3.48. The van der Waals surface area contributed by atoms with Gasteiger partial charge in [0.05, 0.1) is 12.0 Å². The SMILES string of the molecule is COc1cc(C)c(S(=O)(=O)N2CCC(CO)CC2)c(C)c1. The van der Waals surface area contributed by atoms with Crippen LogP contribution in [0.3, 0.4) is 0 Å². The number of aliphatic hydroxyl groups excluding tert-OH is 1. The maximum absolute atomic E-state index is 12.8. The number of methoxy groups -OCH3 is 1. The fourth-order valence-corrected chi connectivity index (χ4v) is 4.78. The van der Waals surface area contributed by atoms with Gasteiger partial charge in [-0.15, -0.1) is 0 Å². The van der Waals surface area contributed by atoms with Crippen LogP contribution in [-0.2, 0) is 10.0 Å². The molecule has 0 amide bonds. The van der Waals surface area contributed by atoms with Gasteiger partial charge >= 0.3 is 0 Å². The van der Waals surface area contributed by atoms with Gasteiger partial charge in [-0.2, -0.15) is 4.31 Å². The van der Waals surface area contributed by atoms with E-state index in [1.807, 2.05) is 0 Å². The Hall–Kier alpha value is -1.11. The van der Waals surface area contributed by atoms with Crippen molar-refractivity contribution in [2.75, 3.05) is 26.8 Å². The Morgan fingerprint density at radius 2 is 1.76 bits per heavy atom. The molecule has 0 spiro atoms. The number of hydrogen-bond acceptors (Lipinski definition) is 4. The highest BCUT2D eigenvalue weighted by Crippen LogP contribution is 2.30. The summed E-state index contributed by atoms with van der Waals surface area (Å²) < 4.78 is 32.4. The molecule has 1 aromatic carbocycles. The Bertz CT molecular complexity index is 581. The van der Waals surface area contributed by atoms with E-state index in [0.717, 1.165) is 0 Å². The molecule has 6 heteroatoms. The topological polar surface area (TPSA) is 66.8 Å². The minimum absolute atomic E-state index is 0.133. The van der Waals surface area contributed by atoms with Crippen molar-refractivity contribution in [1.29, 1.82) is 0 Å². The monoisotopic (exact) mass is 313 g/mol. The van der Waals surface area contributed by atoms with Gasteiger partial charge in [-0.3, -0.25) is 0 Å². The second kappa shape index (κ2) is 6.34. The molecule has 21 heavy (non-hydrogen) atoms. The second-order valence-corrected chi connectivity index (χ2v) is 7.50. The number of benzene rings is 1. The van der Waals surface area contributed by atoms with E-state index in [-0.39, 0.29) is 12.5 Å². The number of aryl methyl sites for hydroxylation is 2. The predicted molar refractivity (Wildman–Crippen MR) is 81.0 cm³/mol. The van der Waals surface area contributed by atoms with Crippen LogP contribution in [0.5, 0.6) is 5.75 Å². The lowest BCUT2D eigenvalue weighted by atomic mass is 10.00. The molecule has 0 atom stereocenters. The molecule has 0 bridgehead atoms. The number of nitrogens with zero attached hydrogens (tertiary/aromatic N) is 1. The maximum atomic E-state index is 12.8. The van der Waals surface area contributed by atoms with Crippen LogP contribution in [0.15, 0.2) is 17.0 Å². The van der Waals surface area contributed by atoms with Crippen LogP contribution < -0.4 is 4.74 Å². The average Bonchev–Trinajstić information content (AvgIpc) is 2.46.